The molecule has 3 atom stereocenters. The number of ether oxygens (including phenoxy) is 1. The van der Waals surface area contributed by atoms with E-state index in [9.17, 15) is 14.4 Å². The molecule has 1 aliphatic rings. The number of carbonyl (C=O) groups excluding carboxylic acids is 3. The van der Waals surface area contributed by atoms with Gasteiger partial charge in [-0.2, -0.15) is 0 Å². The van der Waals surface area contributed by atoms with E-state index in [0.29, 0.717) is 23.6 Å². The van der Waals surface area contributed by atoms with Gasteiger partial charge >= 0.3 is 6.09 Å². The van der Waals surface area contributed by atoms with Crippen LogP contribution < -0.4 is 5.32 Å². The number of carbonyl (C=O) groups is 3. The molecule has 2 aromatic rings. The Morgan fingerprint density at radius 2 is 1.71 bits per heavy atom. The molecule has 0 saturated carbocycles. The molecule has 1 unspecified atom stereocenters. The Morgan fingerprint density at radius 3 is 2.29 bits per heavy atom. The quantitative estimate of drug-likeness (QED) is 0.505. The van der Waals surface area contributed by atoms with Gasteiger partial charge in [0.05, 0.1) is 5.92 Å². The summed E-state index contributed by atoms with van der Waals surface area (Å²) in [7, 11) is 0. The molecule has 0 aromatic heterocycles. The second-order valence-corrected chi connectivity index (χ2v) is 10.8. The van der Waals surface area contributed by atoms with Crippen molar-refractivity contribution in [2.45, 2.75) is 58.6 Å². The summed E-state index contributed by atoms with van der Waals surface area (Å²) in [6.45, 7) is 9.74. The lowest BCUT2D eigenvalue weighted by molar-refractivity contribution is -0.134. The summed E-state index contributed by atoms with van der Waals surface area (Å²) in [5.41, 5.74) is 1.12. The molecule has 0 spiro atoms. The van der Waals surface area contributed by atoms with Crippen molar-refractivity contribution < 1.29 is 19.1 Å². The van der Waals surface area contributed by atoms with Crippen molar-refractivity contribution in [2.75, 3.05) is 13.1 Å². The third kappa shape index (κ3) is 7.07. The van der Waals surface area contributed by atoms with Crippen LogP contribution in [0.2, 0.25) is 5.02 Å². The molecule has 0 radical (unpaired) electrons. The second kappa shape index (κ2) is 11.3. The van der Waals surface area contributed by atoms with Crippen LogP contribution in [0, 0.1) is 11.8 Å². The number of hydrogen-bond donors (Lipinski definition) is 1. The van der Waals surface area contributed by atoms with Gasteiger partial charge in [-0.1, -0.05) is 54.1 Å². The molecule has 1 N–H and O–H groups in total. The Hall–Kier alpha value is -2.86. The molecule has 2 amide bonds. The fourth-order valence-electron chi connectivity index (χ4n) is 4.43. The van der Waals surface area contributed by atoms with Crippen molar-refractivity contribution in [1.29, 1.82) is 0 Å². The lowest BCUT2D eigenvalue weighted by atomic mass is 9.79. The van der Waals surface area contributed by atoms with Crippen molar-refractivity contribution in [3.63, 3.8) is 0 Å². The summed E-state index contributed by atoms with van der Waals surface area (Å²) >= 11 is 6.11. The topological polar surface area (TPSA) is 75.7 Å². The van der Waals surface area contributed by atoms with E-state index in [4.69, 9.17) is 16.3 Å². The Morgan fingerprint density at radius 1 is 1.09 bits per heavy atom. The standard InChI is InChI=1S/C28H35ClN2O4/c1-18(2)31(27(34)35-28(3,4)5)17-23(20-11-13-22(29)14-12-20)25(32)24-21(16-30-26(24)33)15-19-9-7-6-8-10-19/h6-14,18,21,23-24H,15-17H2,1-5H3,(H,30,33)/t21?,23-,24+/m1/s1. The summed E-state index contributed by atoms with van der Waals surface area (Å²) in [6.07, 6.45) is 0.125. The fraction of sp³-hybridized carbons (Fsp3) is 0.464. The van der Waals surface area contributed by atoms with E-state index in [1.54, 1.807) is 29.2 Å². The maximum Gasteiger partial charge on any atom is 0.410 e. The fourth-order valence-corrected chi connectivity index (χ4v) is 4.55. The van der Waals surface area contributed by atoms with Crippen molar-refractivity contribution >= 4 is 29.4 Å². The minimum atomic E-state index is -0.802. The number of amides is 2. The molecule has 1 fully saturated rings. The van der Waals surface area contributed by atoms with Gasteiger partial charge in [0, 0.05) is 24.2 Å². The van der Waals surface area contributed by atoms with Crippen molar-refractivity contribution in [2.24, 2.45) is 11.8 Å². The van der Waals surface area contributed by atoms with Gasteiger partial charge in [-0.25, -0.2) is 4.79 Å². The molecule has 188 valence electrons. The first-order valence-electron chi connectivity index (χ1n) is 12.1. The van der Waals surface area contributed by atoms with Crippen LogP contribution in [0.5, 0.6) is 0 Å². The number of nitrogens with one attached hydrogen (secondary N) is 1. The zero-order chi connectivity index (χ0) is 25.8. The number of benzene rings is 2. The predicted octanol–water partition coefficient (Wildman–Crippen LogP) is 5.24. The molecule has 1 saturated heterocycles. The summed E-state index contributed by atoms with van der Waals surface area (Å²) in [5, 5.41) is 3.43. The van der Waals surface area contributed by atoms with Gasteiger partial charge in [-0.15, -0.1) is 0 Å². The Kier molecular flexibility index (Phi) is 8.60. The van der Waals surface area contributed by atoms with Gasteiger partial charge in [0.1, 0.15) is 11.5 Å². The summed E-state index contributed by atoms with van der Waals surface area (Å²) in [4.78, 5) is 41.5. The van der Waals surface area contributed by atoms with Crippen LogP contribution in [0.3, 0.4) is 0 Å². The Balaban J connectivity index is 1.93. The smallest absolute Gasteiger partial charge is 0.410 e. The molecule has 3 rings (SSSR count). The first kappa shape index (κ1) is 26.7. The van der Waals surface area contributed by atoms with Gasteiger partial charge in [0.15, 0.2) is 5.78 Å². The first-order chi connectivity index (χ1) is 16.5. The highest BCUT2D eigenvalue weighted by atomic mass is 35.5. The molecule has 0 aliphatic carbocycles. The van der Waals surface area contributed by atoms with Gasteiger partial charge in [-0.05, 0) is 70.2 Å². The van der Waals surface area contributed by atoms with Crippen molar-refractivity contribution in [3.05, 3.63) is 70.7 Å². The molecule has 7 heteroatoms. The van der Waals surface area contributed by atoms with Crippen LogP contribution in [0.1, 0.15) is 51.7 Å². The number of Topliss-reactive ketones (excluding diaryl/α,β-unsaturated/α-hetero) is 1. The zero-order valence-corrected chi connectivity index (χ0v) is 21.8. The molecular formula is C28H35ClN2O4. The monoisotopic (exact) mass is 498 g/mol. The number of rotatable bonds is 8. The van der Waals surface area contributed by atoms with Gasteiger partial charge in [-0.3, -0.25) is 9.59 Å². The summed E-state index contributed by atoms with van der Waals surface area (Å²) in [5.74, 6) is -2.13. The van der Waals surface area contributed by atoms with E-state index in [-0.39, 0.29) is 30.2 Å². The number of halogens is 1. The molecule has 1 heterocycles. The van der Waals surface area contributed by atoms with E-state index >= 15 is 0 Å². The zero-order valence-electron chi connectivity index (χ0n) is 21.1. The minimum absolute atomic E-state index is 0.106. The third-order valence-electron chi connectivity index (χ3n) is 6.19. The van der Waals surface area contributed by atoms with Gasteiger partial charge < -0.3 is 15.0 Å². The lowest BCUT2D eigenvalue weighted by Gasteiger charge is -2.33. The summed E-state index contributed by atoms with van der Waals surface area (Å²) in [6, 6.07) is 16.7. The molecule has 0 bridgehead atoms. The van der Waals surface area contributed by atoms with Crippen molar-refractivity contribution in [1.82, 2.24) is 10.2 Å². The van der Waals surface area contributed by atoms with Crippen molar-refractivity contribution in [3.8, 4) is 0 Å². The molecule has 35 heavy (non-hydrogen) atoms. The first-order valence-corrected chi connectivity index (χ1v) is 12.4. The van der Waals surface area contributed by atoms with E-state index < -0.39 is 23.5 Å². The highest BCUT2D eigenvalue weighted by Crippen LogP contribution is 2.32. The SMILES string of the molecule is CC(C)N(C[C@@H](C(=O)[C@H]1C(=O)NCC1Cc1ccccc1)c1ccc(Cl)cc1)C(=O)OC(C)(C)C. The van der Waals surface area contributed by atoms with Crippen LogP contribution in [0.15, 0.2) is 54.6 Å². The van der Waals surface area contributed by atoms with Crippen LogP contribution in [-0.2, 0) is 20.7 Å². The lowest BCUT2D eigenvalue weighted by Crippen LogP contribution is -2.45. The molecular weight excluding hydrogens is 464 g/mol. The van der Waals surface area contributed by atoms with E-state index in [1.807, 2.05) is 65.0 Å². The third-order valence-corrected chi connectivity index (χ3v) is 6.44. The average Bonchev–Trinajstić information content (AvgIpc) is 3.14. The number of hydrogen-bond acceptors (Lipinski definition) is 4. The molecule has 6 nitrogen and oxygen atoms in total. The van der Waals surface area contributed by atoms with Crippen LogP contribution in [-0.4, -0.2) is 47.4 Å². The molecule has 2 aromatic carbocycles. The second-order valence-electron chi connectivity index (χ2n) is 10.4. The maximum absolute atomic E-state index is 14.0. The number of ketones is 1. The van der Waals surface area contributed by atoms with Crippen LogP contribution in [0.25, 0.3) is 0 Å². The maximum atomic E-state index is 14.0. The van der Waals surface area contributed by atoms with Crippen LogP contribution in [0.4, 0.5) is 4.79 Å². The minimum Gasteiger partial charge on any atom is -0.444 e. The largest absolute Gasteiger partial charge is 0.444 e. The predicted molar refractivity (Wildman–Crippen MR) is 137 cm³/mol. The van der Waals surface area contributed by atoms with Gasteiger partial charge in [0.2, 0.25) is 5.91 Å². The van der Waals surface area contributed by atoms with Crippen LogP contribution >= 0.6 is 11.6 Å². The molecule has 1 aliphatic heterocycles. The average molecular weight is 499 g/mol. The van der Waals surface area contributed by atoms with Gasteiger partial charge in [0.25, 0.3) is 0 Å². The highest BCUT2D eigenvalue weighted by molar-refractivity contribution is 6.30. The Labute approximate surface area is 213 Å². The number of nitrogens with zero attached hydrogens (tertiary/aromatic N) is 1. The Bertz CT molecular complexity index is 1030. The highest BCUT2D eigenvalue weighted by Gasteiger charge is 2.44. The van der Waals surface area contributed by atoms with E-state index in [2.05, 4.69) is 5.32 Å². The summed E-state index contributed by atoms with van der Waals surface area (Å²) < 4.78 is 5.62. The van der Waals surface area contributed by atoms with E-state index in [0.717, 1.165) is 5.56 Å². The normalized spacial score (nSPS) is 18.8. The van der Waals surface area contributed by atoms with E-state index in [1.165, 1.54) is 0 Å².